The van der Waals surface area contributed by atoms with Crippen LogP contribution < -0.4 is 10.6 Å². The fraction of sp³-hybridized carbons (Fsp3) is 0.500. The number of rotatable bonds is 0. The Hall–Kier alpha value is -1.51. The molecule has 3 nitrogen and oxygen atoms in total. The van der Waals surface area contributed by atoms with Gasteiger partial charge in [0.05, 0.1) is 16.8 Å². The van der Waals surface area contributed by atoms with Crippen LogP contribution in [0.4, 0.5) is 11.4 Å². The molecule has 0 saturated heterocycles. The van der Waals surface area contributed by atoms with Crippen molar-refractivity contribution in [2.45, 2.75) is 32.6 Å². The summed E-state index contributed by atoms with van der Waals surface area (Å²) in [5.74, 6) is 0.199. The molecule has 1 aromatic carbocycles. The number of amides is 1. The molecule has 1 saturated carbocycles. The fourth-order valence-electron chi connectivity index (χ4n) is 2.97. The molecule has 1 aliphatic carbocycles. The van der Waals surface area contributed by atoms with Crippen molar-refractivity contribution < 1.29 is 4.79 Å². The number of aryl methyl sites for hydroxylation is 1. The van der Waals surface area contributed by atoms with Crippen LogP contribution in [0.1, 0.15) is 31.2 Å². The summed E-state index contributed by atoms with van der Waals surface area (Å²) < 4.78 is 0. The summed E-state index contributed by atoms with van der Waals surface area (Å²) in [6, 6.07) is 6.13. The molecule has 90 valence electrons. The first kappa shape index (κ1) is 10.6. The van der Waals surface area contributed by atoms with Gasteiger partial charge in [-0.1, -0.05) is 18.9 Å². The van der Waals surface area contributed by atoms with E-state index in [9.17, 15) is 4.79 Å². The number of benzene rings is 1. The van der Waals surface area contributed by atoms with Gasteiger partial charge in [0.15, 0.2) is 0 Å². The Bertz CT molecular complexity index is 461. The largest absolute Gasteiger partial charge is 0.382 e. The van der Waals surface area contributed by atoms with Gasteiger partial charge < -0.3 is 10.6 Å². The SMILES string of the molecule is Cc1ccc2c(c1)NCC1(CCCC1)C(=O)N2. The maximum atomic E-state index is 12.3. The summed E-state index contributed by atoms with van der Waals surface area (Å²) in [7, 11) is 0. The lowest BCUT2D eigenvalue weighted by atomic mass is 9.85. The van der Waals surface area contributed by atoms with Crippen LogP contribution in [0.3, 0.4) is 0 Å². The van der Waals surface area contributed by atoms with Crippen molar-refractivity contribution in [3.63, 3.8) is 0 Å². The van der Waals surface area contributed by atoms with Gasteiger partial charge in [0.2, 0.25) is 5.91 Å². The molecule has 0 unspecified atom stereocenters. The minimum atomic E-state index is -0.174. The molecule has 2 N–H and O–H groups in total. The molecular formula is C14H18N2O. The van der Waals surface area contributed by atoms with Crippen LogP contribution in [-0.4, -0.2) is 12.5 Å². The monoisotopic (exact) mass is 230 g/mol. The van der Waals surface area contributed by atoms with Crippen LogP contribution in [0.2, 0.25) is 0 Å². The van der Waals surface area contributed by atoms with Gasteiger partial charge in [-0.25, -0.2) is 0 Å². The summed E-state index contributed by atoms with van der Waals surface area (Å²) in [5.41, 5.74) is 3.02. The number of fused-ring (bicyclic) bond motifs is 1. The molecule has 0 atom stereocenters. The summed E-state index contributed by atoms with van der Waals surface area (Å²) in [5, 5.41) is 6.53. The second-order valence-corrected chi connectivity index (χ2v) is 5.34. The van der Waals surface area contributed by atoms with E-state index >= 15 is 0 Å². The van der Waals surface area contributed by atoms with Crippen molar-refractivity contribution in [3.8, 4) is 0 Å². The quantitative estimate of drug-likeness (QED) is 0.719. The van der Waals surface area contributed by atoms with E-state index in [2.05, 4.69) is 23.6 Å². The summed E-state index contributed by atoms with van der Waals surface area (Å²) >= 11 is 0. The van der Waals surface area contributed by atoms with Crippen LogP contribution in [0.25, 0.3) is 0 Å². The first-order valence-corrected chi connectivity index (χ1v) is 6.36. The topological polar surface area (TPSA) is 41.1 Å². The third-order valence-electron chi connectivity index (χ3n) is 4.08. The highest BCUT2D eigenvalue weighted by Gasteiger charge is 2.42. The van der Waals surface area contributed by atoms with Crippen LogP contribution >= 0.6 is 0 Å². The van der Waals surface area contributed by atoms with Gasteiger partial charge in [0, 0.05) is 6.54 Å². The van der Waals surface area contributed by atoms with Crippen molar-refractivity contribution in [2.75, 3.05) is 17.2 Å². The molecule has 0 radical (unpaired) electrons. The smallest absolute Gasteiger partial charge is 0.232 e. The summed E-state index contributed by atoms with van der Waals surface area (Å²) in [4.78, 5) is 12.3. The Balaban J connectivity index is 1.96. The average Bonchev–Trinajstić information content (AvgIpc) is 2.74. The van der Waals surface area contributed by atoms with Gasteiger partial charge in [-0.15, -0.1) is 0 Å². The number of carbonyl (C=O) groups is 1. The highest BCUT2D eigenvalue weighted by Crippen LogP contribution is 2.42. The third kappa shape index (κ3) is 1.70. The van der Waals surface area contributed by atoms with Crippen molar-refractivity contribution in [1.82, 2.24) is 0 Å². The first-order valence-electron chi connectivity index (χ1n) is 6.36. The predicted octanol–water partition coefficient (Wildman–Crippen LogP) is 2.92. The van der Waals surface area contributed by atoms with Gasteiger partial charge in [-0.2, -0.15) is 0 Å². The van der Waals surface area contributed by atoms with Crippen molar-refractivity contribution in [1.29, 1.82) is 0 Å². The minimum Gasteiger partial charge on any atom is -0.382 e. The van der Waals surface area contributed by atoms with E-state index in [1.165, 1.54) is 18.4 Å². The Labute approximate surface area is 102 Å². The van der Waals surface area contributed by atoms with Gasteiger partial charge in [0.25, 0.3) is 0 Å². The minimum absolute atomic E-state index is 0.174. The molecule has 17 heavy (non-hydrogen) atoms. The highest BCUT2D eigenvalue weighted by molar-refractivity contribution is 6.00. The lowest BCUT2D eigenvalue weighted by Gasteiger charge is -2.24. The summed E-state index contributed by atoms with van der Waals surface area (Å²) in [6.07, 6.45) is 4.37. The lowest BCUT2D eigenvalue weighted by Crippen LogP contribution is -2.37. The number of carbonyl (C=O) groups excluding carboxylic acids is 1. The molecule has 1 fully saturated rings. The van der Waals surface area contributed by atoms with Crippen molar-refractivity contribution in [2.24, 2.45) is 5.41 Å². The van der Waals surface area contributed by atoms with E-state index < -0.39 is 0 Å². The van der Waals surface area contributed by atoms with Crippen molar-refractivity contribution in [3.05, 3.63) is 23.8 Å². The van der Waals surface area contributed by atoms with E-state index in [1.54, 1.807) is 0 Å². The molecular weight excluding hydrogens is 212 g/mol. The third-order valence-corrected chi connectivity index (χ3v) is 4.08. The van der Waals surface area contributed by atoms with Gasteiger partial charge >= 0.3 is 0 Å². The molecule has 1 aliphatic heterocycles. The zero-order valence-electron chi connectivity index (χ0n) is 10.2. The summed E-state index contributed by atoms with van der Waals surface area (Å²) in [6.45, 7) is 2.84. The number of hydrogen-bond acceptors (Lipinski definition) is 2. The standard InChI is InChI=1S/C14H18N2O/c1-10-4-5-11-12(8-10)15-9-14(13(17)16-11)6-2-3-7-14/h4-5,8,15H,2-3,6-7,9H2,1H3,(H,16,17). The van der Waals surface area contributed by atoms with E-state index in [1.807, 2.05) is 12.1 Å². The van der Waals surface area contributed by atoms with Gasteiger partial charge in [-0.05, 0) is 37.5 Å². The lowest BCUT2D eigenvalue weighted by molar-refractivity contribution is -0.124. The van der Waals surface area contributed by atoms with Crippen LogP contribution in [0.15, 0.2) is 18.2 Å². The Morgan fingerprint density at radius 1 is 1.18 bits per heavy atom. The number of hydrogen-bond donors (Lipinski definition) is 2. The van der Waals surface area contributed by atoms with E-state index in [0.717, 1.165) is 30.8 Å². The highest BCUT2D eigenvalue weighted by atomic mass is 16.2. The van der Waals surface area contributed by atoms with Crippen LogP contribution in [-0.2, 0) is 4.79 Å². The maximum Gasteiger partial charge on any atom is 0.232 e. The second kappa shape index (κ2) is 3.76. The molecule has 0 bridgehead atoms. The molecule has 1 heterocycles. The molecule has 0 aromatic heterocycles. The van der Waals surface area contributed by atoms with E-state index in [-0.39, 0.29) is 11.3 Å². The molecule has 3 rings (SSSR count). The molecule has 1 aromatic rings. The Morgan fingerprint density at radius 2 is 1.94 bits per heavy atom. The average molecular weight is 230 g/mol. The Morgan fingerprint density at radius 3 is 2.71 bits per heavy atom. The zero-order valence-corrected chi connectivity index (χ0v) is 10.2. The zero-order chi connectivity index (χ0) is 11.9. The van der Waals surface area contributed by atoms with Crippen LogP contribution in [0, 0.1) is 12.3 Å². The first-order chi connectivity index (χ1) is 8.20. The van der Waals surface area contributed by atoms with Crippen LogP contribution in [0.5, 0.6) is 0 Å². The van der Waals surface area contributed by atoms with E-state index in [4.69, 9.17) is 0 Å². The normalized spacial score (nSPS) is 21.6. The maximum absolute atomic E-state index is 12.3. The van der Waals surface area contributed by atoms with Crippen molar-refractivity contribution >= 4 is 17.3 Å². The molecule has 2 aliphatic rings. The van der Waals surface area contributed by atoms with Gasteiger partial charge in [0.1, 0.15) is 0 Å². The number of anilines is 2. The Kier molecular flexibility index (Phi) is 2.35. The molecule has 1 spiro atoms. The predicted molar refractivity (Wildman–Crippen MR) is 69.2 cm³/mol. The van der Waals surface area contributed by atoms with E-state index in [0.29, 0.717) is 0 Å². The van der Waals surface area contributed by atoms with Gasteiger partial charge in [-0.3, -0.25) is 4.79 Å². The second-order valence-electron chi connectivity index (χ2n) is 5.34. The molecule has 3 heteroatoms. The molecule has 1 amide bonds. The number of nitrogens with one attached hydrogen (secondary N) is 2. The fourth-order valence-corrected chi connectivity index (χ4v) is 2.97.